The van der Waals surface area contributed by atoms with E-state index >= 15 is 0 Å². The minimum atomic E-state index is -0.452. The summed E-state index contributed by atoms with van der Waals surface area (Å²) in [5.41, 5.74) is -0.452. The summed E-state index contributed by atoms with van der Waals surface area (Å²) in [6.45, 7) is 7.44. The van der Waals surface area contributed by atoms with Gasteiger partial charge in [0.15, 0.2) is 0 Å². The van der Waals surface area contributed by atoms with Crippen LogP contribution in [-0.2, 0) is 9.53 Å². The smallest absolute Gasteiger partial charge is 0.326 e. The molecule has 0 spiro atoms. The second-order valence-electron chi connectivity index (χ2n) is 6.19. The van der Waals surface area contributed by atoms with Crippen LogP contribution in [-0.4, -0.2) is 74.2 Å². The van der Waals surface area contributed by atoms with E-state index in [1.54, 1.807) is 0 Å². The average molecular weight is 283 g/mol. The van der Waals surface area contributed by atoms with E-state index in [0.29, 0.717) is 6.04 Å². The molecule has 0 aromatic carbocycles. The molecule has 0 bridgehead atoms. The van der Waals surface area contributed by atoms with Crippen molar-refractivity contribution in [3.05, 3.63) is 0 Å². The predicted molar refractivity (Wildman–Crippen MR) is 79.7 cm³/mol. The van der Waals surface area contributed by atoms with Gasteiger partial charge >= 0.3 is 5.97 Å². The first-order chi connectivity index (χ1) is 9.61. The Kier molecular flexibility index (Phi) is 5.41. The molecule has 1 heterocycles. The molecule has 2 fully saturated rings. The SMILES string of the molecule is CCNC1(C(=O)OC)CCC(N2CCCN(C)CC2)C1. The van der Waals surface area contributed by atoms with Crippen molar-refractivity contribution in [3.63, 3.8) is 0 Å². The normalized spacial score (nSPS) is 33.0. The molecular weight excluding hydrogens is 254 g/mol. The van der Waals surface area contributed by atoms with Crippen molar-refractivity contribution in [2.24, 2.45) is 0 Å². The van der Waals surface area contributed by atoms with Gasteiger partial charge in [0.05, 0.1) is 7.11 Å². The molecular formula is C15H29N3O2. The van der Waals surface area contributed by atoms with Crippen LogP contribution in [0, 0.1) is 0 Å². The molecule has 2 unspecified atom stereocenters. The van der Waals surface area contributed by atoms with E-state index in [4.69, 9.17) is 4.74 Å². The Morgan fingerprint density at radius 3 is 2.85 bits per heavy atom. The number of nitrogens with zero attached hydrogens (tertiary/aromatic N) is 2. The van der Waals surface area contributed by atoms with Crippen molar-refractivity contribution >= 4 is 5.97 Å². The van der Waals surface area contributed by atoms with Gasteiger partial charge in [0.25, 0.3) is 0 Å². The Labute approximate surface area is 122 Å². The standard InChI is InChI=1S/C15H29N3O2/c1-4-16-15(14(19)20-3)7-6-13(12-15)18-9-5-8-17(2)10-11-18/h13,16H,4-12H2,1-3H3. The van der Waals surface area contributed by atoms with Gasteiger partial charge in [-0.3, -0.25) is 9.69 Å². The number of methoxy groups -OCH3 is 1. The summed E-state index contributed by atoms with van der Waals surface area (Å²) >= 11 is 0. The van der Waals surface area contributed by atoms with Gasteiger partial charge in [0.1, 0.15) is 5.54 Å². The minimum absolute atomic E-state index is 0.0891. The van der Waals surface area contributed by atoms with E-state index in [2.05, 4.69) is 29.1 Å². The van der Waals surface area contributed by atoms with Crippen LogP contribution in [0.1, 0.15) is 32.6 Å². The highest BCUT2D eigenvalue weighted by Crippen LogP contribution is 2.34. The third-order valence-electron chi connectivity index (χ3n) is 4.85. The Morgan fingerprint density at radius 1 is 1.35 bits per heavy atom. The Morgan fingerprint density at radius 2 is 2.15 bits per heavy atom. The molecule has 1 saturated carbocycles. The lowest BCUT2D eigenvalue weighted by atomic mass is 9.97. The fraction of sp³-hybridized carbons (Fsp3) is 0.933. The van der Waals surface area contributed by atoms with Crippen molar-refractivity contribution in [3.8, 4) is 0 Å². The van der Waals surface area contributed by atoms with Crippen LogP contribution < -0.4 is 5.32 Å². The number of ether oxygens (including phenoxy) is 1. The van der Waals surface area contributed by atoms with Crippen LogP contribution in [0.5, 0.6) is 0 Å². The summed E-state index contributed by atoms with van der Waals surface area (Å²) < 4.78 is 5.04. The highest BCUT2D eigenvalue weighted by Gasteiger charge is 2.47. The van der Waals surface area contributed by atoms with Gasteiger partial charge in [0, 0.05) is 19.1 Å². The Bertz CT molecular complexity index is 337. The number of hydrogen-bond acceptors (Lipinski definition) is 5. The van der Waals surface area contributed by atoms with Crippen LogP contribution in [0.25, 0.3) is 0 Å². The number of hydrogen-bond donors (Lipinski definition) is 1. The quantitative estimate of drug-likeness (QED) is 0.770. The molecule has 0 aromatic heterocycles. The molecule has 5 nitrogen and oxygen atoms in total. The lowest BCUT2D eigenvalue weighted by Gasteiger charge is -2.31. The van der Waals surface area contributed by atoms with Crippen molar-refractivity contribution in [1.29, 1.82) is 0 Å². The van der Waals surface area contributed by atoms with Gasteiger partial charge in [-0.2, -0.15) is 0 Å². The third-order valence-corrected chi connectivity index (χ3v) is 4.85. The molecule has 2 atom stereocenters. The topological polar surface area (TPSA) is 44.8 Å². The first kappa shape index (κ1) is 15.7. The molecule has 1 N–H and O–H groups in total. The zero-order valence-corrected chi connectivity index (χ0v) is 13.2. The van der Waals surface area contributed by atoms with E-state index in [1.807, 2.05) is 0 Å². The Balaban J connectivity index is 2.00. The Hall–Kier alpha value is -0.650. The molecule has 5 heteroatoms. The molecule has 116 valence electrons. The van der Waals surface area contributed by atoms with Crippen LogP contribution in [0.15, 0.2) is 0 Å². The van der Waals surface area contributed by atoms with Crippen molar-refractivity contribution in [2.45, 2.75) is 44.2 Å². The monoisotopic (exact) mass is 283 g/mol. The molecule has 2 aliphatic rings. The summed E-state index contributed by atoms with van der Waals surface area (Å²) in [6, 6.07) is 0.514. The van der Waals surface area contributed by atoms with Gasteiger partial charge in [-0.25, -0.2) is 0 Å². The second-order valence-corrected chi connectivity index (χ2v) is 6.19. The van der Waals surface area contributed by atoms with E-state index in [0.717, 1.165) is 45.4 Å². The van der Waals surface area contributed by atoms with Gasteiger partial charge in [-0.15, -0.1) is 0 Å². The molecule has 0 aromatic rings. The molecule has 1 saturated heterocycles. The van der Waals surface area contributed by atoms with Crippen LogP contribution >= 0.6 is 0 Å². The number of rotatable bonds is 4. The van der Waals surface area contributed by atoms with Gasteiger partial charge < -0.3 is 15.0 Å². The minimum Gasteiger partial charge on any atom is -0.468 e. The highest BCUT2D eigenvalue weighted by molar-refractivity contribution is 5.81. The average Bonchev–Trinajstić information content (AvgIpc) is 2.75. The van der Waals surface area contributed by atoms with Crippen molar-refractivity contribution < 1.29 is 9.53 Å². The maximum Gasteiger partial charge on any atom is 0.326 e. The van der Waals surface area contributed by atoms with Crippen molar-refractivity contribution in [1.82, 2.24) is 15.1 Å². The largest absolute Gasteiger partial charge is 0.468 e. The summed E-state index contributed by atoms with van der Waals surface area (Å²) in [5, 5.41) is 3.39. The molecule has 2 rings (SSSR count). The van der Waals surface area contributed by atoms with Crippen LogP contribution in [0.2, 0.25) is 0 Å². The summed E-state index contributed by atoms with van der Waals surface area (Å²) in [6.07, 6.45) is 4.09. The van der Waals surface area contributed by atoms with E-state index in [1.165, 1.54) is 20.1 Å². The first-order valence-corrected chi connectivity index (χ1v) is 7.87. The first-order valence-electron chi connectivity index (χ1n) is 7.87. The maximum absolute atomic E-state index is 12.2. The maximum atomic E-state index is 12.2. The van der Waals surface area contributed by atoms with Crippen LogP contribution in [0.4, 0.5) is 0 Å². The van der Waals surface area contributed by atoms with Gasteiger partial charge in [-0.05, 0) is 52.4 Å². The molecule has 0 radical (unpaired) electrons. The molecule has 20 heavy (non-hydrogen) atoms. The zero-order chi connectivity index (χ0) is 14.6. The fourth-order valence-electron chi connectivity index (χ4n) is 3.71. The van der Waals surface area contributed by atoms with Crippen LogP contribution in [0.3, 0.4) is 0 Å². The summed E-state index contributed by atoms with van der Waals surface area (Å²) in [5.74, 6) is -0.0891. The van der Waals surface area contributed by atoms with Crippen molar-refractivity contribution in [2.75, 3.05) is 46.9 Å². The number of esters is 1. The van der Waals surface area contributed by atoms with Gasteiger partial charge in [-0.1, -0.05) is 6.92 Å². The molecule has 1 aliphatic heterocycles. The number of nitrogens with one attached hydrogen (secondary N) is 1. The lowest BCUT2D eigenvalue weighted by Crippen LogP contribution is -2.52. The lowest BCUT2D eigenvalue weighted by molar-refractivity contribution is -0.148. The number of likely N-dealkylation sites (N-methyl/N-ethyl adjacent to an activating group) is 2. The summed E-state index contributed by atoms with van der Waals surface area (Å²) in [4.78, 5) is 17.1. The number of carbonyl (C=O) groups excluding carboxylic acids is 1. The third kappa shape index (κ3) is 3.32. The summed E-state index contributed by atoms with van der Waals surface area (Å²) in [7, 11) is 3.69. The van der Waals surface area contributed by atoms with Gasteiger partial charge in [0.2, 0.25) is 0 Å². The number of carbonyl (C=O) groups is 1. The predicted octanol–water partition coefficient (Wildman–Crippen LogP) is 0.698. The van der Waals surface area contributed by atoms with E-state index in [9.17, 15) is 4.79 Å². The van der Waals surface area contributed by atoms with E-state index in [-0.39, 0.29) is 5.97 Å². The second kappa shape index (κ2) is 6.87. The zero-order valence-electron chi connectivity index (χ0n) is 13.2. The fourth-order valence-corrected chi connectivity index (χ4v) is 3.71. The molecule has 1 aliphatic carbocycles. The van der Waals surface area contributed by atoms with E-state index < -0.39 is 5.54 Å². The highest BCUT2D eigenvalue weighted by atomic mass is 16.5. The molecule has 0 amide bonds.